The van der Waals surface area contributed by atoms with Crippen molar-refractivity contribution in [2.45, 2.75) is 40.0 Å². The minimum atomic E-state index is -4.61. The summed E-state index contributed by atoms with van der Waals surface area (Å²) in [4.78, 5) is 16.6. The molecule has 0 bridgehead atoms. The second-order valence-corrected chi connectivity index (χ2v) is 6.91. The van der Waals surface area contributed by atoms with Crippen LogP contribution in [0.3, 0.4) is 0 Å². The number of anilines is 1. The number of alkyl halides is 3. The van der Waals surface area contributed by atoms with E-state index in [2.05, 4.69) is 15.4 Å². The molecule has 1 N–H and O–H groups in total. The van der Waals surface area contributed by atoms with E-state index in [0.717, 1.165) is 17.2 Å². The monoisotopic (exact) mass is 406 g/mol. The normalized spacial score (nSPS) is 12.8. The number of aryl methyl sites for hydroxylation is 3. The Morgan fingerprint density at radius 1 is 1.24 bits per heavy atom. The molecule has 1 amide bonds. The molecule has 9 heteroatoms. The summed E-state index contributed by atoms with van der Waals surface area (Å²) < 4.78 is 47.4. The van der Waals surface area contributed by atoms with E-state index in [0.29, 0.717) is 5.69 Å². The summed E-state index contributed by atoms with van der Waals surface area (Å²) in [6, 6.07) is 6.27. The molecule has 154 valence electrons. The van der Waals surface area contributed by atoms with Crippen molar-refractivity contribution in [3.63, 3.8) is 0 Å². The molecule has 0 radical (unpaired) electrons. The number of ether oxygens (including phenoxy) is 1. The van der Waals surface area contributed by atoms with Crippen molar-refractivity contribution >= 4 is 22.6 Å². The molecule has 0 saturated heterocycles. The van der Waals surface area contributed by atoms with Gasteiger partial charge in [0.25, 0.3) is 5.91 Å². The number of carbonyl (C=O) groups is 1. The highest BCUT2D eigenvalue weighted by molar-refractivity contribution is 5.95. The third-order valence-corrected chi connectivity index (χ3v) is 4.78. The molecule has 0 aliphatic carbocycles. The number of carbonyl (C=O) groups excluding carboxylic acids is 1. The molecular formula is C20H21F3N4O2. The first-order valence-electron chi connectivity index (χ1n) is 8.94. The highest BCUT2D eigenvalue weighted by Gasteiger charge is 2.36. The van der Waals surface area contributed by atoms with Gasteiger partial charge in [-0.25, -0.2) is 0 Å². The third-order valence-electron chi connectivity index (χ3n) is 4.78. The number of fused-ring (bicyclic) bond motifs is 1. The Morgan fingerprint density at radius 2 is 1.93 bits per heavy atom. The van der Waals surface area contributed by atoms with E-state index < -0.39 is 23.8 Å². The van der Waals surface area contributed by atoms with Crippen molar-refractivity contribution in [2.75, 3.05) is 5.32 Å². The van der Waals surface area contributed by atoms with E-state index in [-0.39, 0.29) is 22.6 Å². The van der Waals surface area contributed by atoms with Crippen LogP contribution in [0.25, 0.3) is 11.0 Å². The van der Waals surface area contributed by atoms with Gasteiger partial charge in [-0.2, -0.15) is 23.3 Å². The van der Waals surface area contributed by atoms with Gasteiger partial charge in [0, 0.05) is 18.8 Å². The van der Waals surface area contributed by atoms with E-state index in [9.17, 15) is 18.0 Å². The van der Waals surface area contributed by atoms with Crippen molar-refractivity contribution in [2.24, 2.45) is 7.05 Å². The Kier molecular flexibility index (Phi) is 5.25. The lowest BCUT2D eigenvalue weighted by molar-refractivity contribution is -0.136. The van der Waals surface area contributed by atoms with Crippen molar-refractivity contribution in [3.8, 4) is 5.88 Å². The minimum Gasteiger partial charge on any atom is -0.464 e. The number of nitrogens with zero attached hydrogens (tertiary/aromatic N) is 3. The smallest absolute Gasteiger partial charge is 0.417 e. The Labute approximate surface area is 165 Å². The van der Waals surface area contributed by atoms with Gasteiger partial charge in [0.05, 0.1) is 16.6 Å². The quantitative estimate of drug-likeness (QED) is 0.701. The summed E-state index contributed by atoms with van der Waals surface area (Å²) >= 11 is 0. The molecule has 0 fully saturated rings. The molecule has 6 nitrogen and oxygen atoms in total. The van der Waals surface area contributed by atoms with Crippen LogP contribution in [0.4, 0.5) is 18.9 Å². The molecule has 1 atom stereocenters. The Hall–Kier alpha value is -3.10. The lowest BCUT2D eigenvalue weighted by atomic mass is 10.1. The molecule has 1 aromatic carbocycles. The molecule has 2 aromatic heterocycles. The molecule has 0 saturated carbocycles. The fraction of sp³-hybridized carbons (Fsp3) is 0.350. The van der Waals surface area contributed by atoms with Gasteiger partial charge in [0.15, 0.2) is 11.8 Å². The van der Waals surface area contributed by atoms with Gasteiger partial charge < -0.3 is 10.1 Å². The second-order valence-electron chi connectivity index (χ2n) is 6.91. The van der Waals surface area contributed by atoms with E-state index in [4.69, 9.17) is 4.74 Å². The van der Waals surface area contributed by atoms with E-state index in [1.54, 1.807) is 12.1 Å². The lowest BCUT2D eigenvalue weighted by Gasteiger charge is -2.17. The summed E-state index contributed by atoms with van der Waals surface area (Å²) in [5.41, 5.74) is 1.88. The molecule has 3 aromatic rings. The molecule has 0 aliphatic rings. The predicted molar refractivity (Wildman–Crippen MR) is 103 cm³/mol. The first-order valence-corrected chi connectivity index (χ1v) is 8.94. The summed E-state index contributed by atoms with van der Waals surface area (Å²) in [5, 5.41) is 6.67. The van der Waals surface area contributed by atoms with Crippen LogP contribution in [0.15, 0.2) is 24.3 Å². The van der Waals surface area contributed by atoms with Crippen molar-refractivity contribution in [3.05, 3.63) is 46.6 Å². The van der Waals surface area contributed by atoms with Crippen LogP contribution >= 0.6 is 0 Å². The highest BCUT2D eigenvalue weighted by atomic mass is 19.4. The number of aromatic nitrogens is 3. The predicted octanol–water partition coefficient (Wildman–Crippen LogP) is 4.32. The molecular weight excluding hydrogens is 385 g/mol. The number of pyridine rings is 1. The van der Waals surface area contributed by atoms with Crippen molar-refractivity contribution in [1.29, 1.82) is 0 Å². The van der Waals surface area contributed by atoms with E-state index >= 15 is 0 Å². The zero-order chi connectivity index (χ0) is 21.5. The van der Waals surface area contributed by atoms with Crippen LogP contribution in [0.1, 0.15) is 29.3 Å². The number of amides is 1. The van der Waals surface area contributed by atoms with E-state index in [1.807, 2.05) is 19.9 Å². The molecule has 0 aliphatic heterocycles. The topological polar surface area (TPSA) is 69.0 Å². The summed E-state index contributed by atoms with van der Waals surface area (Å²) in [6.45, 7) is 6.72. The Bertz CT molecular complexity index is 1090. The van der Waals surface area contributed by atoms with Gasteiger partial charge in [-0.15, -0.1) is 0 Å². The summed E-state index contributed by atoms with van der Waals surface area (Å²) in [6.07, 6.45) is -5.67. The maximum absolute atomic E-state index is 13.6. The molecule has 29 heavy (non-hydrogen) atoms. The van der Waals surface area contributed by atoms with Crippen LogP contribution in [0, 0.1) is 20.8 Å². The number of rotatable bonds is 4. The van der Waals surface area contributed by atoms with Crippen LogP contribution < -0.4 is 10.1 Å². The van der Waals surface area contributed by atoms with Gasteiger partial charge in [-0.05, 0) is 44.9 Å². The molecule has 2 heterocycles. The van der Waals surface area contributed by atoms with Crippen LogP contribution in [0.5, 0.6) is 5.88 Å². The van der Waals surface area contributed by atoms with Crippen LogP contribution in [-0.4, -0.2) is 26.8 Å². The van der Waals surface area contributed by atoms with Crippen molar-refractivity contribution < 1.29 is 22.7 Å². The fourth-order valence-electron chi connectivity index (χ4n) is 3.06. The highest BCUT2D eigenvalue weighted by Crippen LogP contribution is 2.37. The largest absolute Gasteiger partial charge is 0.464 e. The van der Waals surface area contributed by atoms with E-state index in [1.165, 1.54) is 25.6 Å². The molecule has 0 spiro atoms. The number of hydrogen-bond donors (Lipinski definition) is 1. The number of benzene rings is 1. The zero-order valence-corrected chi connectivity index (χ0v) is 16.7. The Morgan fingerprint density at radius 3 is 2.59 bits per heavy atom. The number of hydrogen-bond acceptors (Lipinski definition) is 4. The average Bonchev–Trinajstić information content (AvgIpc) is 2.91. The standard InChI is InChI=1S/C20H21F3N4O2/c1-10-7-6-8-15(11(10)2)24-19(28)13(4)29-16-9-14(20(21,22)23)17-12(3)26-27(5)18(17)25-16/h6-9,13H,1-5H3,(H,24,28). The van der Waals surface area contributed by atoms with Crippen molar-refractivity contribution in [1.82, 2.24) is 14.8 Å². The number of halogens is 3. The summed E-state index contributed by atoms with van der Waals surface area (Å²) in [7, 11) is 1.50. The molecule has 1 unspecified atom stereocenters. The fourth-order valence-corrected chi connectivity index (χ4v) is 3.06. The molecule has 3 rings (SSSR count). The average molecular weight is 406 g/mol. The zero-order valence-electron chi connectivity index (χ0n) is 16.7. The summed E-state index contributed by atoms with van der Waals surface area (Å²) in [5.74, 6) is -0.785. The minimum absolute atomic E-state index is 0.0365. The first kappa shape index (κ1) is 20.6. The van der Waals surface area contributed by atoms with Gasteiger partial charge >= 0.3 is 6.18 Å². The third kappa shape index (κ3) is 4.03. The SMILES string of the molecule is Cc1cccc(NC(=O)C(C)Oc2cc(C(F)(F)F)c3c(C)nn(C)c3n2)c1C. The Balaban J connectivity index is 1.90. The van der Waals surface area contributed by atoms with Gasteiger partial charge in [-0.1, -0.05) is 12.1 Å². The van der Waals surface area contributed by atoms with Crippen LogP contribution in [-0.2, 0) is 18.0 Å². The second kappa shape index (κ2) is 7.38. The van der Waals surface area contributed by atoms with Gasteiger partial charge in [0.1, 0.15) is 0 Å². The lowest BCUT2D eigenvalue weighted by Crippen LogP contribution is -2.30. The maximum atomic E-state index is 13.6. The number of nitrogens with one attached hydrogen (secondary N) is 1. The maximum Gasteiger partial charge on any atom is 0.417 e. The van der Waals surface area contributed by atoms with Gasteiger partial charge in [-0.3, -0.25) is 9.48 Å². The van der Waals surface area contributed by atoms with Crippen LogP contribution in [0.2, 0.25) is 0 Å². The van der Waals surface area contributed by atoms with Gasteiger partial charge in [0.2, 0.25) is 5.88 Å². The first-order chi connectivity index (χ1) is 13.5.